The van der Waals surface area contributed by atoms with Crippen molar-refractivity contribution in [3.8, 4) is 11.5 Å². The average molecular weight is 294 g/mol. The molecule has 0 aromatic heterocycles. The molecule has 0 atom stereocenters. The molecule has 1 aromatic rings. The molecule has 1 saturated carbocycles. The van der Waals surface area contributed by atoms with Gasteiger partial charge in [-0.2, -0.15) is 0 Å². The fourth-order valence-electron chi connectivity index (χ4n) is 2.27. The highest BCUT2D eigenvalue weighted by atomic mass is 32.1. The van der Waals surface area contributed by atoms with Gasteiger partial charge in [-0.1, -0.05) is 18.6 Å². The maximum absolute atomic E-state index is 12.5. The molecular formula is C14H18N2O3S. The number of ether oxygens (including phenoxy) is 2. The summed E-state index contributed by atoms with van der Waals surface area (Å²) in [6.07, 6.45) is 2.35. The van der Waals surface area contributed by atoms with Crippen molar-refractivity contribution >= 4 is 28.8 Å². The summed E-state index contributed by atoms with van der Waals surface area (Å²) < 4.78 is 10.4. The summed E-state index contributed by atoms with van der Waals surface area (Å²) in [5, 5.41) is 2.85. The van der Waals surface area contributed by atoms with Crippen LogP contribution in [0, 0.1) is 5.41 Å². The first-order chi connectivity index (χ1) is 9.53. The van der Waals surface area contributed by atoms with Gasteiger partial charge in [0.05, 0.1) is 30.3 Å². The van der Waals surface area contributed by atoms with E-state index in [0.717, 1.165) is 6.42 Å². The molecule has 108 valence electrons. The second-order valence-electron chi connectivity index (χ2n) is 4.82. The Bertz CT molecular complexity index is 541. The number of rotatable bonds is 5. The molecule has 0 bridgehead atoms. The van der Waals surface area contributed by atoms with Crippen molar-refractivity contribution in [1.82, 2.24) is 0 Å². The number of carbonyl (C=O) groups excluding carboxylic acids is 1. The maximum atomic E-state index is 12.5. The van der Waals surface area contributed by atoms with Gasteiger partial charge in [0.15, 0.2) is 0 Å². The summed E-state index contributed by atoms with van der Waals surface area (Å²) in [6.45, 7) is 0. The minimum atomic E-state index is -0.719. The third kappa shape index (κ3) is 2.43. The first-order valence-corrected chi connectivity index (χ1v) is 6.78. The van der Waals surface area contributed by atoms with E-state index >= 15 is 0 Å². The first kappa shape index (κ1) is 14.6. The molecule has 3 N–H and O–H groups in total. The van der Waals surface area contributed by atoms with Crippen molar-refractivity contribution in [3.05, 3.63) is 18.2 Å². The van der Waals surface area contributed by atoms with Crippen molar-refractivity contribution in [2.24, 2.45) is 11.1 Å². The monoisotopic (exact) mass is 294 g/mol. The summed E-state index contributed by atoms with van der Waals surface area (Å²) in [4.78, 5) is 12.7. The quantitative estimate of drug-likeness (QED) is 0.814. The van der Waals surface area contributed by atoms with Crippen LogP contribution in [0.1, 0.15) is 19.3 Å². The molecule has 0 saturated heterocycles. The number of benzene rings is 1. The molecule has 5 nitrogen and oxygen atoms in total. The number of amides is 1. The Balaban J connectivity index is 2.25. The number of nitrogens with two attached hydrogens (primary N) is 1. The number of thiocarbonyl (C=S) groups is 1. The molecule has 20 heavy (non-hydrogen) atoms. The van der Waals surface area contributed by atoms with Crippen LogP contribution in [0.3, 0.4) is 0 Å². The van der Waals surface area contributed by atoms with Gasteiger partial charge in [-0.15, -0.1) is 0 Å². The fraction of sp³-hybridized carbons (Fsp3) is 0.429. The van der Waals surface area contributed by atoms with Crippen LogP contribution in [-0.4, -0.2) is 25.1 Å². The second kappa shape index (κ2) is 5.66. The molecule has 0 heterocycles. The highest BCUT2D eigenvalue weighted by molar-refractivity contribution is 7.80. The topological polar surface area (TPSA) is 73.6 Å². The minimum Gasteiger partial charge on any atom is -0.497 e. The van der Waals surface area contributed by atoms with E-state index in [1.807, 2.05) is 0 Å². The van der Waals surface area contributed by atoms with Gasteiger partial charge in [0.25, 0.3) is 0 Å². The lowest BCUT2D eigenvalue weighted by atomic mass is 9.68. The fourth-order valence-corrected chi connectivity index (χ4v) is 2.57. The molecule has 0 aliphatic heterocycles. The third-order valence-electron chi connectivity index (χ3n) is 3.77. The van der Waals surface area contributed by atoms with E-state index in [1.54, 1.807) is 32.4 Å². The van der Waals surface area contributed by atoms with E-state index in [1.165, 1.54) is 0 Å². The van der Waals surface area contributed by atoms with Gasteiger partial charge in [0, 0.05) is 6.07 Å². The first-order valence-electron chi connectivity index (χ1n) is 6.37. The van der Waals surface area contributed by atoms with Crippen molar-refractivity contribution in [1.29, 1.82) is 0 Å². The number of methoxy groups -OCH3 is 2. The number of hydrogen-bond donors (Lipinski definition) is 2. The normalized spacial score (nSPS) is 15.9. The number of nitrogens with one attached hydrogen (secondary N) is 1. The van der Waals surface area contributed by atoms with Gasteiger partial charge in [-0.3, -0.25) is 4.79 Å². The van der Waals surface area contributed by atoms with Crippen LogP contribution >= 0.6 is 12.2 Å². The minimum absolute atomic E-state index is 0.178. The van der Waals surface area contributed by atoms with Crippen molar-refractivity contribution < 1.29 is 14.3 Å². The Hall–Kier alpha value is -1.82. The molecule has 1 aliphatic rings. The highest BCUT2D eigenvalue weighted by Crippen LogP contribution is 2.43. The number of anilines is 1. The SMILES string of the molecule is COc1ccc(OC)c(NC(=O)C2(C(N)=S)CCC2)c1. The molecule has 1 amide bonds. The van der Waals surface area contributed by atoms with Crippen LogP contribution in [0.5, 0.6) is 11.5 Å². The molecule has 0 spiro atoms. The Kier molecular flexibility index (Phi) is 4.13. The standard InChI is InChI=1S/C14H18N2O3S/c1-18-9-4-5-11(19-2)10(8-9)16-13(17)14(12(15)20)6-3-7-14/h4-5,8H,3,6-7H2,1-2H3,(H2,15,20)(H,16,17). The molecule has 0 unspecified atom stereocenters. The van der Waals surface area contributed by atoms with Crippen LogP contribution in [0.15, 0.2) is 18.2 Å². The zero-order valence-electron chi connectivity index (χ0n) is 11.6. The molecule has 0 radical (unpaired) electrons. The molecule has 6 heteroatoms. The summed E-state index contributed by atoms with van der Waals surface area (Å²) in [5.74, 6) is 1.03. The van der Waals surface area contributed by atoms with Crippen LogP contribution in [0.25, 0.3) is 0 Å². The Morgan fingerprint density at radius 1 is 1.35 bits per heavy atom. The van der Waals surface area contributed by atoms with E-state index in [0.29, 0.717) is 30.0 Å². The number of hydrogen-bond acceptors (Lipinski definition) is 4. The Labute approximate surface area is 123 Å². The van der Waals surface area contributed by atoms with Crippen molar-refractivity contribution in [2.45, 2.75) is 19.3 Å². The predicted octanol–water partition coefficient (Wildman–Crippen LogP) is 2.10. The van der Waals surface area contributed by atoms with Crippen LogP contribution < -0.4 is 20.5 Å². The van der Waals surface area contributed by atoms with Gasteiger partial charge in [0.2, 0.25) is 5.91 Å². The second-order valence-corrected chi connectivity index (χ2v) is 5.26. The highest BCUT2D eigenvalue weighted by Gasteiger charge is 2.47. The van der Waals surface area contributed by atoms with Crippen molar-refractivity contribution in [2.75, 3.05) is 19.5 Å². The zero-order valence-corrected chi connectivity index (χ0v) is 12.4. The van der Waals surface area contributed by atoms with Crippen LogP contribution in [0.2, 0.25) is 0 Å². The van der Waals surface area contributed by atoms with E-state index in [-0.39, 0.29) is 10.9 Å². The van der Waals surface area contributed by atoms with E-state index in [4.69, 9.17) is 27.4 Å². The smallest absolute Gasteiger partial charge is 0.237 e. The summed E-state index contributed by atoms with van der Waals surface area (Å²) in [6, 6.07) is 5.21. The zero-order chi connectivity index (χ0) is 14.8. The van der Waals surface area contributed by atoms with Crippen molar-refractivity contribution in [3.63, 3.8) is 0 Å². The lowest BCUT2D eigenvalue weighted by molar-refractivity contribution is -0.125. The molecular weight excluding hydrogens is 276 g/mol. The Morgan fingerprint density at radius 2 is 2.05 bits per heavy atom. The lowest BCUT2D eigenvalue weighted by Gasteiger charge is -2.39. The van der Waals surface area contributed by atoms with Gasteiger partial charge in [0.1, 0.15) is 11.5 Å². The van der Waals surface area contributed by atoms with E-state index in [9.17, 15) is 4.79 Å². The molecule has 1 aliphatic carbocycles. The third-order valence-corrected chi connectivity index (χ3v) is 4.16. The molecule has 2 rings (SSSR count). The average Bonchev–Trinajstić information content (AvgIpc) is 2.36. The lowest BCUT2D eigenvalue weighted by Crippen LogP contribution is -2.50. The van der Waals surface area contributed by atoms with Crippen LogP contribution in [-0.2, 0) is 4.79 Å². The predicted molar refractivity (Wildman–Crippen MR) is 81.2 cm³/mol. The van der Waals surface area contributed by atoms with Gasteiger partial charge in [-0.05, 0) is 25.0 Å². The van der Waals surface area contributed by atoms with Gasteiger partial charge < -0.3 is 20.5 Å². The van der Waals surface area contributed by atoms with Gasteiger partial charge in [-0.25, -0.2) is 0 Å². The largest absolute Gasteiger partial charge is 0.497 e. The molecule has 1 fully saturated rings. The summed E-state index contributed by atoms with van der Waals surface area (Å²) >= 11 is 5.04. The van der Waals surface area contributed by atoms with Crippen LogP contribution in [0.4, 0.5) is 5.69 Å². The summed E-state index contributed by atoms with van der Waals surface area (Å²) in [5.41, 5.74) is 5.56. The maximum Gasteiger partial charge on any atom is 0.237 e. The summed E-state index contributed by atoms with van der Waals surface area (Å²) in [7, 11) is 3.11. The Morgan fingerprint density at radius 3 is 2.50 bits per heavy atom. The van der Waals surface area contributed by atoms with E-state index < -0.39 is 5.41 Å². The van der Waals surface area contributed by atoms with Gasteiger partial charge >= 0.3 is 0 Å². The van der Waals surface area contributed by atoms with E-state index in [2.05, 4.69) is 5.32 Å². The molecule has 1 aromatic carbocycles. The number of carbonyl (C=O) groups is 1.